The van der Waals surface area contributed by atoms with Crippen LogP contribution in [0.2, 0.25) is 0 Å². The Bertz CT molecular complexity index is 101. The van der Waals surface area contributed by atoms with E-state index in [4.69, 9.17) is 0 Å². The van der Waals surface area contributed by atoms with Gasteiger partial charge in [-0.15, -0.1) is 0 Å². The van der Waals surface area contributed by atoms with Gasteiger partial charge in [-0.05, 0) is 12.5 Å². The van der Waals surface area contributed by atoms with Gasteiger partial charge in [0.15, 0.2) is 0 Å². The van der Waals surface area contributed by atoms with Crippen molar-refractivity contribution in [3.8, 4) is 0 Å². The lowest BCUT2D eigenvalue weighted by molar-refractivity contribution is -0.104. The minimum absolute atomic E-state index is 0. The molecular weight excluding hydrogens is 100 g/mol. The summed E-state index contributed by atoms with van der Waals surface area (Å²) in [6.07, 6.45) is 4.04. The second kappa shape index (κ2) is 6.15. The Morgan fingerprint density at radius 1 is 1.62 bits per heavy atom. The largest absolute Gasteiger partial charge is 0.298 e. The van der Waals surface area contributed by atoms with Crippen LogP contribution in [-0.4, -0.2) is 6.29 Å². The molecule has 0 bridgehead atoms. The summed E-state index contributed by atoms with van der Waals surface area (Å²) in [5, 5.41) is 0. The SMILES string of the molecule is C.C=C/C=C(\C)C=O. The molecule has 0 rings (SSSR count). The third kappa shape index (κ3) is 5.15. The molecule has 1 nitrogen and oxygen atoms in total. The van der Waals surface area contributed by atoms with Gasteiger partial charge in [0, 0.05) is 0 Å². The van der Waals surface area contributed by atoms with Crippen LogP contribution < -0.4 is 0 Å². The maximum Gasteiger partial charge on any atom is 0.145 e. The number of hydrogen-bond acceptors (Lipinski definition) is 1. The molecule has 0 fully saturated rings. The molecule has 0 aliphatic rings. The van der Waals surface area contributed by atoms with Crippen LogP contribution in [0.3, 0.4) is 0 Å². The molecule has 0 radical (unpaired) electrons. The standard InChI is InChI=1S/C6H8O.CH4/c1-3-4-6(2)5-7;/h3-5H,1H2,2H3;1H4/b6-4+;. The maximum absolute atomic E-state index is 9.78. The minimum atomic E-state index is 0. The number of carbonyl (C=O) groups is 1. The highest BCUT2D eigenvalue weighted by Gasteiger charge is 1.74. The predicted molar refractivity (Wildman–Crippen MR) is 36.7 cm³/mol. The molecule has 0 amide bonds. The summed E-state index contributed by atoms with van der Waals surface area (Å²) in [4.78, 5) is 9.78. The molecule has 0 spiro atoms. The van der Waals surface area contributed by atoms with E-state index in [2.05, 4.69) is 6.58 Å². The fourth-order valence-corrected chi connectivity index (χ4v) is 0.225. The molecule has 0 saturated heterocycles. The highest BCUT2D eigenvalue weighted by molar-refractivity contribution is 5.72. The van der Waals surface area contributed by atoms with Crippen LogP contribution in [0.25, 0.3) is 0 Å². The van der Waals surface area contributed by atoms with E-state index < -0.39 is 0 Å². The van der Waals surface area contributed by atoms with Crippen molar-refractivity contribution in [1.29, 1.82) is 0 Å². The monoisotopic (exact) mass is 112 g/mol. The fraction of sp³-hybridized carbons (Fsp3) is 0.286. The zero-order chi connectivity index (χ0) is 5.70. The van der Waals surface area contributed by atoms with Crippen LogP contribution in [0.15, 0.2) is 24.3 Å². The van der Waals surface area contributed by atoms with E-state index in [1.807, 2.05) is 0 Å². The zero-order valence-corrected chi connectivity index (χ0v) is 4.35. The summed E-state index contributed by atoms with van der Waals surface area (Å²) < 4.78 is 0. The van der Waals surface area contributed by atoms with E-state index in [0.717, 1.165) is 6.29 Å². The Morgan fingerprint density at radius 3 is 2.25 bits per heavy atom. The third-order valence-electron chi connectivity index (χ3n) is 0.567. The summed E-state index contributed by atoms with van der Waals surface area (Å²) in [7, 11) is 0. The van der Waals surface area contributed by atoms with E-state index in [1.165, 1.54) is 0 Å². The van der Waals surface area contributed by atoms with Crippen molar-refractivity contribution >= 4 is 6.29 Å². The van der Waals surface area contributed by atoms with Gasteiger partial charge in [0.25, 0.3) is 0 Å². The first kappa shape index (κ1) is 10.2. The number of hydrogen-bond donors (Lipinski definition) is 0. The summed E-state index contributed by atoms with van der Waals surface area (Å²) >= 11 is 0. The molecule has 1 heteroatoms. The average molecular weight is 112 g/mol. The topological polar surface area (TPSA) is 17.1 Å². The minimum Gasteiger partial charge on any atom is -0.298 e. The Kier molecular flexibility index (Phi) is 7.84. The quantitative estimate of drug-likeness (QED) is 0.303. The fourth-order valence-electron chi connectivity index (χ4n) is 0.225. The van der Waals surface area contributed by atoms with Gasteiger partial charge in [0.05, 0.1) is 0 Å². The summed E-state index contributed by atoms with van der Waals surface area (Å²) in [6.45, 7) is 5.14. The number of rotatable bonds is 2. The zero-order valence-electron chi connectivity index (χ0n) is 4.35. The molecule has 0 aliphatic carbocycles. The van der Waals surface area contributed by atoms with Gasteiger partial charge in [-0.1, -0.05) is 26.2 Å². The van der Waals surface area contributed by atoms with E-state index in [1.54, 1.807) is 19.1 Å². The van der Waals surface area contributed by atoms with E-state index >= 15 is 0 Å². The highest BCUT2D eigenvalue weighted by Crippen LogP contribution is 1.83. The van der Waals surface area contributed by atoms with Crippen LogP contribution in [0.1, 0.15) is 14.4 Å². The lowest BCUT2D eigenvalue weighted by atomic mass is 10.3. The Balaban J connectivity index is 0. The van der Waals surface area contributed by atoms with Gasteiger partial charge >= 0.3 is 0 Å². The van der Waals surface area contributed by atoms with Crippen molar-refractivity contribution < 1.29 is 4.79 Å². The summed E-state index contributed by atoms with van der Waals surface area (Å²) in [5.41, 5.74) is 0.704. The van der Waals surface area contributed by atoms with Gasteiger partial charge in [0.2, 0.25) is 0 Å². The van der Waals surface area contributed by atoms with Crippen molar-refractivity contribution in [2.75, 3.05) is 0 Å². The van der Waals surface area contributed by atoms with Crippen molar-refractivity contribution in [2.24, 2.45) is 0 Å². The molecule has 8 heavy (non-hydrogen) atoms. The van der Waals surface area contributed by atoms with E-state index in [0.29, 0.717) is 5.57 Å². The van der Waals surface area contributed by atoms with Crippen molar-refractivity contribution in [2.45, 2.75) is 14.4 Å². The molecule has 0 aromatic carbocycles. The van der Waals surface area contributed by atoms with E-state index in [9.17, 15) is 4.79 Å². The second-order valence-corrected chi connectivity index (χ2v) is 1.26. The number of carbonyl (C=O) groups excluding carboxylic acids is 1. The molecule has 0 atom stereocenters. The molecule has 0 aromatic rings. The Hall–Kier alpha value is -0.850. The lowest BCUT2D eigenvalue weighted by Gasteiger charge is -1.75. The van der Waals surface area contributed by atoms with Crippen LogP contribution in [0.4, 0.5) is 0 Å². The molecule has 0 aromatic heterocycles. The first-order valence-electron chi connectivity index (χ1n) is 2.05. The Labute approximate surface area is 50.7 Å². The van der Waals surface area contributed by atoms with Crippen molar-refractivity contribution in [3.63, 3.8) is 0 Å². The van der Waals surface area contributed by atoms with Crippen LogP contribution in [0.5, 0.6) is 0 Å². The average Bonchev–Trinajstić information content (AvgIpc) is 1.68. The number of allylic oxidation sites excluding steroid dienone is 3. The normalized spacial score (nSPS) is 9.38. The van der Waals surface area contributed by atoms with Gasteiger partial charge in [-0.2, -0.15) is 0 Å². The van der Waals surface area contributed by atoms with Crippen LogP contribution in [0, 0.1) is 0 Å². The molecule has 0 heterocycles. The smallest absolute Gasteiger partial charge is 0.145 e. The first-order valence-corrected chi connectivity index (χ1v) is 2.05. The number of aldehydes is 1. The van der Waals surface area contributed by atoms with Gasteiger partial charge in [-0.25, -0.2) is 0 Å². The molecule has 0 unspecified atom stereocenters. The summed E-state index contributed by atoms with van der Waals surface area (Å²) in [5.74, 6) is 0. The van der Waals surface area contributed by atoms with E-state index in [-0.39, 0.29) is 7.43 Å². The van der Waals surface area contributed by atoms with Crippen molar-refractivity contribution in [1.82, 2.24) is 0 Å². The molecule has 46 valence electrons. The first-order chi connectivity index (χ1) is 3.31. The second-order valence-electron chi connectivity index (χ2n) is 1.26. The van der Waals surface area contributed by atoms with Crippen LogP contribution in [-0.2, 0) is 4.79 Å². The van der Waals surface area contributed by atoms with Gasteiger partial charge < -0.3 is 0 Å². The van der Waals surface area contributed by atoms with Crippen molar-refractivity contribution in [3.05, 3.63) is 24.3 Å². The molecule has 0 saturated carbocycles. The molecular formula is C7H12O. The van der Waals surface area contributed by atoms with Crippen LogP contribution >= 0.6 is 0 Å². The van der Waals surface area contributed by atoms with Gasteiger partial charge in [-0.3, -0.25) is 4.79 Å². The highest BCUT2D eigenvalue weighted by atomic mass is 16.1. The maximum atomic E-state index is 9.78. The Morgan fingerprint density at radius 2 is 2.12 bits per heavy atom. The predicted octanol–water partition coefficient (Wildman–Crippen LogP) is 1.95. The molecule has 0 N–H and O–H groups in total. The molecule has 0 aliphatic heterocycles. The van der Waals surface area contributed by atoms with Gasteiger partial charge in [0.1, 0.15) is 6.29 Å². The lowest BCUT2D eigenvalue weighted by Crippen LogP contribution is -1.70. The summed E-state index contributed by atoms with van der Waals surface area (Å²) in [6, 6.07) is 0. The third-order valence-corrected chi connectivity index (χ3v) is 0.567.